The molecule has 1 saturated heterocycles. The predicted molar refractivity (Wildman–Crippen MR) is 189 cm³/mol. The van der Waals surface area contributed by atoms with Gasteiger partial charge < -0.3 is 26.2 Å². The second-order valence-corrected chi connectivity index (χ2v) is 16.3. The summed E-state index contributed by atoms with van der Waals surface area (Å²) in [5, 5.41) is 11.0. The van der Waals surface area contributed by atoms with Gasteiger partial charge in [0.1, 0.15) is 23.1 Å². The minimum atomic E-state index is -1.37. The number of Topliss-reactive ketones (excluding diaryl/α,β-unsaturated/α-hetero) is 1. The molecule has 6 atom stereocenters. The fourth-order valence-corrected chi connectivity index (χ4v) is 7.27. The number of terminal acetylenes is 1. The molecule has 0 radical (unpaired) electrons. The number of rotatable bonds is 13. The lowest BCUT2D eigenvalue weighted by Gasteiger charge is -2.37. The number of urea groups is 1. The zero-order valence-electron chi connectivity index (χ0n) is 29.8. The van der Waals surface area contributed by atoms with Crippen molar-refractivity contribution in [3.8, 4) is 12.3 Å². The predicted octanol–water partition coefficient (Wildman–Crippen LogP) is 2.66. The van der Waals surface area contributed by atoms with Crippen LogP contribution in [-0.2, 0) is 36.7 Å². The van der Waals surface area contributed by atoms with E-state index in [0.717, 1.165) is 10.5 Å². The SMILES string of the molecule is C#CC1C[C@@H](C(=O)NC(CCC)C(=O)C(=O)NCC=C)N(C(=O)[C@@H](NC(=O)N[C@H](CN2Cc3ccccc3S2=O)C(C)(C)C)C(C)(C)C)C1. The number of carbonyl (C=O) groups excluding carboxylic acids is 5. The average Bonchev–Trinajstić information content (AvgIpc) is 3.61. The standard InChI is InChI=1S/C36H52N6O6S/c1-10-15-25(29(43)32(45)37-18-11-2)38-31(44)26-19-23(12-3)20-42(26)33(46)30(36(7,8)9)40-34(47)39-28(35(4,5)6)22-41-21-24-16-13-14-17-27(24)49(41)48/h3,11,13-14,16-17,23,25-26,28,30H,2,10,15,18-22H2,1,4-9H3,(H,37,45)(H,38,44)(H2,39,40,47)/t23?,25?,26-,28+,30+,49?/m0/s1. The van der Waals surface area contributed by atoms with Crippen LogP contribution in [0.3, 0.4) is 0 Å². The molecule has 4 N–H and O–H groups in total. The minimum Gasteiger partial charge on any atom is -0.346 e. The molecule has 0 bridgehead atoms. The van der Waals surface area contributed by atoms with Gasteiger partial charge in [-0.05, 0) is 35.3 Å². The number of hydrogen-bond donors (Lipinski definition) is 4. The first-order valence-corrected chi connectivity index (χ1v) is 17.8. The number of hydrogen-bond acceptors (Lipinski definition) is 6. The molecule has 1 fully saturated rings. The maximum atomic E-state index is 14.3. The molecule has 0 spiro atoms. The summed E-state index contributed by atoms with van der Waals surface area (Å²) in [7, 11) is -1.37. The van der Waals surface area contributed by atoms with Crippen molar-refractivity contribution >= 4 is 40.5 Å². The van der Waals surface area contributed by atoms with Gasteiger partial charge in [-0.3, -0.25) is 19.2 Å². The van der Waals surface area contributed by atoms with Crippen LogP contribution < -0.4 is 21.3 Å². The van der Waals surface area contributed by atoms with Gasteiger partial charge in [0.25, 0.3) is 5.91 Å². The second-order valence-electron chi connectivity index (χ2n) is 14.8. The van der Waals surface area contributed by atoms with Crippen LogP contribution in [0.1, 0.15) is 73.3 Å². The molecule has 1 aromatic carbocycles. The highest BCUT2D eigenvalue weighted by Gasteiger charge is 2.45. The van der Waals surface area contributed by atoms with Crippen LogP contribution in [-0.4, -0.2) is 86.8 Å². The lowest BCUT2D eigenvalue weighted by Crippen LogP contribution is -2.61. The number of nitrogens with one attached hydrogen (secondary N) is 4. The molecular formula is C36H52N6O6S. The van der Waals surface area contributed by atoms with Gasteiger partial charge in [0.05, 0.1) is 10.9 Å². The Kier molecular flexibility index (Phi) is 13.3. The first kappa shape index (κ1) is 39.4. The van der Waals surface area contributed by atoms with E-state index in [0.29, 0.717) is 19.5 Å². The van der Waals surface area contributed by atoms with Crippen molar-refractivity contribution in [3.05, 3.63) is 42.5 Å². The summed E-state index contributed by atoms with van der Waals surface area (Å²) in [5.41, 5.74) is -0.222. The molecule has 2 aliphatic heterocycles. The van der Waals surface area contributed by atoms with Gasteiger partial charge in [0, 0.05) is 38.1 Å². The van der Waals surface area contributed by atoms with Crippen molar-refractivity contribution in [3.63, 3.8) is 0 Å². The average molecular weight is 697 g/mol. The third-order valence-electron chi connectivity index (χ3n) is 8.83. The van der Waals surface area contributed by atoms with Gasteiger partial charge in [0.15, 0.2) is 0 Å². The monoisotopic (exact) mass is 696 g/mol. The van der Waals surface area contributed by atoms with Crippen molar-refractivity contribution in [2.24, 2.45) is 16.7 Å². The molecule has 0 saturated carbocycles. The summed E-state index contributed by atoms with van der Waals surface area (Å²) in [4.78, 5) is 68.9. The van der Waals surface area contributed by atoms with E-state index >= 15 is 0 Å². The second kappa shape index (κ2) is 16.6. The summed E-state index contributed by atoms with van der Waals surface area (Å²) >= 11 is 0. The summed E-state index contributed by atoms with van der Waals surface area (Å²) in [6, 6.07) is 3.38. The molecule has 3 unspecified atom stereocenters. The number of carbonyl (C=O) groups is 5. The molecule has 1 aromatic rings. The fraction of sp³-hybridized carbons (Fsp3) is 0.583. The Morgan fingerprint density at radius 1 is 1.06 bits per heavy atom. The van der Waals surface area contributed by atoms with Crippen molar-refractivity contribution in [2.75, 3.05) is 19.6 Å². The maximum Gasteiger partial charge on any atom is 0.315 e. The highest BCUT2D eigenvalue weighted by atomic mass is 32.2. The van der Waals surface area contributed by atoms with E-state index in [2.05, 4.69) is 33.8 Å². The molecule has 3 rings (SSSR count). The molecule has 0 aromatic heterocycles. The summed E-state index contributed by atoms with van der Waals surface area (Å²) in [5.74, 6) is -0.510. The summed E-state index contributed by atoms with van der Waals surface area (Å²) in [6.07, 6.45) is 8.10. The largest absolute Gasteiger partial charge is 0.346 e. The molecule has 2 heterocycles. The number of fused-ring (bicyclic) bond motifs is 1. The molecule has 13 heteroatoms. The Labute approximate surface area is 293 Å². The van der Waals surface area contributed by atoms with E-state index in [9.17, 15) is 28.2 Å². The summed E-state index contributed by atoms with van der Waals surface area (Å²) < 4.78 is 15.0. The molecule has 49 heavy (non-hydrogen) atoms. The summed E-state index contributed by atoms with van der Waals surface area (Å²) in [6.45, 7) is 17.7. The number of ketones is 1. The number of likely N-dealkylation sites (tertiary alicyclic amines) is 1. The number of amides is 5. The third kappa shape index (κ3) is 10.0. The van der Waals surface area contributed by atoms with Crippen molar-refractivity contribution in [1.29, 1.82) is 0 Å². The van der Waals surface area contributed by atoms with E-state index in [1.54, 1.807) is 0 Å². The fourth-order valence-electron chi connectivity index (χ4n) is 5.89. The highest BCUT2D eigenvalue weighted by Crippen LogP contribution is 2.31. The first-order chi connectivity index (χ1) is 22.9. The van der Waals surface area contributed by atoms with Crippen LogP contribution in [0.2, 0.25) is 0 Å². The molecular weight excluding hydrogens is 644 g/mol. The quantitative estimate of drug-likeness (QED) is 0.141. The van der Waals surface area contributed by atoms with Crippen LogP contribution in [0, 0.1) is 29.1 Å². The van der Waals surface area contributed by atoms with Gasteiger partial charge in [-0.2, -0.15) is 0 Å². The van der Waals surface area contributed by atoms with Crippen molar-refractivity contribution < 1.29 is 28.2 Å². The van der Waals surface area contributed by atoms with Gasteiger partial charge in [0.2, 0.25) is 17.6 Å². The van der Waals surface area contributed by atoms with Crippen LogP contribution in [0.15, 0.2) is 41.8 Å². The molecule has 2 aliphatic rings. The van der Waals surface area contributed by atoms with Gasteiger partial charge in [-0.25, -0.2) is 13.3 Å². The Balaban J connectivity index is 1.78. The lowest BCUT2D eigenvalue weighted by molar-refractivity contribution is -0.143. The maximum absolute atomic E-state index is 14.3. The van der Waals surface area contributed by atoms with E-state index in [1.165, 1.54) is 11.0 Å². The number of nitrogens with zero attached hydrogens (tertiary/aromatic N) is 2. The third-order valence-corrected chi connectivity index (χ3v) is 10.4. The first-order valence-electron chi connectivity index (χ1n) is 16.7. The topological polar surface area (TPSA) is 157 Å². The zero-order chi connectivity index (χ0) is 36.7. The minimum absolute atomic E-state index is 0.0848. The zero-order valence-corrected chi connectivity index (χ0v) is 30.6. The van der Waals surface area contributed by atoms with Crippen LogP contribution >= 0.6 is 0 Å². The van der Waals surface area contributed by atoms with Crippen LogP contribution in [0.25, 0.3) is 0 Å². The molecule has 12 nitrogen and oxygen atoms in total. The Morgan fingerprint density at radius 2 is 1.73 bits per heavy atom. The van der Waals surface area contributed by atoms with E-state index in [4.69, 9.17) is 6.42 Å². The normalized spacial score (nSPS) is 21.0. The van der Waals surface area contributed by atoms with Crippen LogP contribution in [0.4, 0.5) is 4.79 Å². The number of benzene rings is 1. The Hall–Kier alpha value is -4.02. The van der Waals surface area contributed by atoms with Crippen molar-refractivity contribution in [1.82, 2.24) is 30.5 Å². The molecule has 0 aliphatic carbocycles. The van der Waals surface area contributed by atoms with Gasteiger partial charge >= 0.3 is 6.03 Å². The van der Waals surface area contributed by atoms with Gasteiger partial charge in [-0.1, -0.05) is 79.2 Å². The van der Waals surface area contributed by atoms with Gasteiger partial charge in [-0.15, -0.1) is 18.9 Å². The highest BCUT2D eigenvalue weighted by molar-refractivity contribution is 7.83. The van der Waals surface area contributed by atoms with E-state index in [-0.39, 0.29) is 25.9 Å². The Bertz CT molecular complexity index is 1490. The van der Waals surface area contributed by atoms with Crippen molar-refractivity contribution in [2.45, 2.75) is 103 Å². The van der Waals surface area contributed by atoms with E-state index < -0.39 is 81.4 Å². The smallest absolute Gasteiger partial charge is 0.315 e. The van der Waals surface area contributed by atoms with E-state index in [1.807, 2.05) is 77.0 Å². The Morgan fingerprint density at radius 3 is 2.31 bits per heavy atom. The molecule has 5 amide bonds. The molecule has 268 valence electrons. The van der Waals surface area contributed by atoms with Crippen LogP contribution in [0.5, 0.6) is 0 Å². The lowest BCUT2D eigenvalue weighted by atomic mass is 9.85.